The number of nitrogens with zero attached hydrogens (tertiary/aromatic N) is 1. The highest BCUT2D eigenvalue weighted by Crippen LogP contribution is 2.44. The molecule has 2 aliphatic carbocycles. The number of ether oxygens (including phenoxy) is 2. The van der Waals surface area contributed by atoms with Gasteiger partial charge in [0.2, 0.25) is 5.91 Å². The lowest BCUT2D eigenvalue weighted by molar-refractivity contribution is -0.123. The van der Waals surface area contributed by atoms with Gasteiger partial charge in [-0.3, -0.25) is 9.69 Å². The van der Waals surface area contributed by atoms with Crippen LogP contribution in [0.4, 0.5) is 0 Å². The van der Waals surface area contributed by atoms with Gasteiger partial charge in [0.25, 0.3) is 0 Å². The first-order valence-corrected chi connectivity index (χ1v) is 10.2. The molecule has 0 bridgehead atoms. The quantitative estimate of drug-likeness (QED) is 0.852. The smallest absolute Gasteiger partial charge is 0.234 e. The molecule has 3 fully saturated rings. The Labute approximate surface area is 155 Å². The van der Waals surface area contributed by atoms with Gasteiger partial charge in [-0.2, -0.15) is 0 Å². The minimum absolute atomic E-state index is 0.207. The van der Waals surface area contributed by atoms with Crippen molar-refractivity contribution in [3.05, 3.63) is 23.8 Å². The lowest BCUT2D eigenvalue weighted by Crippen LogP contribution is -2.43. The minimum atomic E-state index is 0.207. The molecule has 0 radical (unpaired) electrons. The van der Waals surface area contributed by atoms with Crippen LogP contribution in [0.25, 0.3) is 0 Å². The summed E-state index contributed by atoms with van der Waals surface area (Å²) >= 11 is 0. The van der Waals surface area contributed by atoms with Crippen LogP contribution in [-0.2, 0) is 4.79 Å². The van der Waals surface area contributed by atoms with E-state index >= 15 is 0 Å². The lowest BCUT2D eigenvalue weighted by Gasteiger charge is -2.27. The Bertz CT molecular complexity index is 672. The van der Waals surface area contributed by atoms with E-state index in [1.165, 1.54) is 31.2 Å². The van der Waals surface area contributed by atoms with Crippen LogP contribution < -0.4 is 14.8 Å². The maximum absolute atomic E-state index is 12.7. The summed E-state index contributed by atoms with van der Waals surface area (Å²) in [6.07, 6.45) is 7.43. The van der Waals surface area contributed by atoms with Gasteiger partial charge < -0.3 is 14.8 Å². The van der Waals surface area contributed by atoms with Crippen molar-refractivity contribution in [3.63, 3.8) is 0 Å². The van der Waals surface area contributed by atoms with Gasteiger partial charge in [-0.15, -0.1) is 0 Å². The first kappa shape index (κ1) is 16.4. The maximum atomic E-state index is 12.7. The normalized spacial score (nSPS) is 25.5. The summed E-state index contributed by atoms with van der Waals surface area (Å²) in [4.78, 5) is 15.0. The van der Waals surface area contributed by atoms with E-state index in [1.807, 2.05) is 6.07 Å². The topological polar surface area (TPSA) is 50.8 Å². The van der Waals surface area contributed by atoms with E-state index in [0.29, 0.717) is 31.8 Å². The molecule has 2 aliphatic heterocycles. The summed E-state index contributed by atoms with van der Waals surface area (Å²) < 4.78 is 11.4. The summed E-state index contributed by atoms with van der Waals surface area (Å²) in [7, 11) is 0. The van der Waals surface area contributed by atoms with Crippen LogP contribution in [0.3, 0.4) is 0 Å². The molecule has 0 aromatic heterocycles. The molecule has 2 saturated carbocycles. The number of carbonyl (C=O) groups is 1. The molecule has 2 heterocycles. The van der Waals surface area contributed by atoms with Gasteiger partial charge in [0.1, 0.15) is 13.2 Å². The zero-order chi connectivity index (χ0) is 17.5. The van der Waals surface area contributed by atoms with E-state index in [1.54, 1.807) is 0 Å². The third-order valence-corrected chi connectivity index (χ3v) is 6.25. The third kappa shape index (κ3) is 3.41. The second-order valence-electron chi connectivity index (χ2n) is 8.30. The Morgan fingerprint density at radius 3 is 2.54 bits per heavy atom. The standard InChI is InChI=1S/C21H28N2O3/c24-20(22-21(14-3-4-14)15-5-6-15)13-23-9-1-2-17(23)16-7-8-18-19(12-16)26-11-10-25-18/h7-8,12,14-15,17,21H,1-6,9-11,13H2,(H,22,24). The molecule has 1 aromatic carbocycles. The maximum Gasteiger partial charge on any atom is 0.234 e. The van der Waals surface area contributed by atoms with Gasteiger partial charge >= 0.3 is 0 Å². The molecule has 1 saturated heterocycles. The number of hydrogen-bond acceptors (Lipinski definition) is 4. The van der Waals surface area contributed by atoms with Gasteiger partial charge in [-0.25, -0.2) is 0 Å². The Kier molecular flexibility index (Phi) is 4.27. The largest absolute Gasteiger partial charge is 0.486 e. The molecule has 5 rings (SSSR count). The summed E-state index contributed by atoms with van der Waals surface area (Å²) in [6.45, 7) is 2.72. The molecule has 140 valence electrons. The van der Waals surface area contributed by atoms with Crippen molar-refractivity contribution in [1.29, 1.82) is 0 Å². The summed E-state index contributed by atoms with van der Waals surface area (Å²) in [6, 6.07) is 6.99. The van der Waals surface area contributed by atoms with E-state index < -0.39 is 0 Å². The average Bonchev–Trinajstić information content (AvgIpc) is 3.58. The number of carbonyl (C=O) groups excluding carboxylic acids is 1. The van der Waals surface area contributed by atoms with Crippen LogP contribution in [0.15, 0.2) is 18.2 Å². The van der Waals surface area contributed by atoms with E-state index in [2.05, 4.69) is 22.3 Å². The van der Waals surface area contributed by atoms with Crippen LogP contribution >= 0.6 is 0 Å². The molecule has 5 nitrogen and oxygen atoms in total. The number of nitrogens with one attached hydrogen (secondary N) is 1. The van der Waals surface area contributed by atoms with Gasteiger partial charge in [0.15, 0.2) is 11.5 Å². The predicted molar refractivity (Wildman–Crippen MR) is 98.4 cm³/mol. The Balaban J connectivity index is 1.24. The number of benzene rings is 1. The van der Waals surface area contributed by atoms with Crippen LogP contribution in [0, 0.1) is 11.8 Å². The molecule has 1 aromatic rings. The van der Waals surface area contributed by atoms with Gasteiger partial charge in [0, 0.05) is 12.1 Å². The average molecular weight is 356 g/mol. The zero-order valence-electron chi connectivity index (χ0n) is 15.3. The monoisotopic (exact) mass is 356 g/mol. The van der Waals surface area contributed by atoms with E-state index in [-0.39, 0.29) is 5.91 Å². The molecule has 1 amide bonds. The van der Waals surface area contributed by atoms with Crippen molar-refractivity contribution in [1.82, 2.24) is 10.2 Å². The first-order valence-electron chi connectivity index (χ1n) is 10.2. The molecule has 1 unspecified atom stereocenters. The van der Waals surface area contributed by atoms with Crippen LogP contribution in [0.2, 0.25) is 0 Å². The van der Waals surface area contributed by atoms with E-state index in [0.717, 1.165) is 42.7 Å². The molecular formula is C21H28N2O3. The third-order valence-electron chi connectivity index (χ3n) is 6.25. The number of hydrogen-bond donors (Lipinski definition) is 1. The number of likely N-dealkylation sites (tertiary alicyclic amines) is 1. The molecule has 26 heavy (non-hydrogen) atoms. The predicted octanol–water partition coefficient (Wildman–Crippen LogP) is 2.90. The molecule has 4 aliphatic rings. The van der Waals surface area contributed by atoms with Crippen molar-refractivity contribution in [2.45, 2.75) is 50.6 Å². The highest BCUT2D eigenvalue weighted by Gasteiger charge is 2.42. The second-order valence-corrected chi connectivity index (χ2v) is 8.30. The van der Waals surface area contributed by atoms with Crippen LogP contribution in [0.1, 0.15) is 50.1 Å². The van der Waals surface area contributed by atoms with Crippen molar-refractivity contribution >= 4 is 5.91 Å². The van der Waals surface area contributed by atoms with Crippen LogP contribution in [0.5, 0.6) is 11.5 Å². The summed E-state index contributed by atoms with van der Waals surface area (Å²) in [5.41, 5.74) is 1.24. The fourth-order valence-electron chi connectivity index (χ4n) is 4.61. The van der Waals surface area contributed by atoms with Crippen LogP contribution in [-0.4, -0.2) is 43.2 Å². The van der Waals surface area contributed by atoms with E-state index in [9.17, 15) is 4.79 Å². The van der Waals surface area contributed by atoms with Gasteiger partial charge in [0.05, 0.1) is 6.54 Å². The second kappa shape index (κ2) is 6.76. The number of rotatable bonds is 6. The van der Waals surface area contributed by atoms with E-state index in [4.69, 9.17) is 9.47 Å². The van der Waals surface area contributed by atoms with Crippen molar-refractivity contribution < 1.29 is 14.3 Å². The summed E-state index contributed by atoms with van der Waals surface area (Å²) in [5, 5.41) is 3.36. The highest BCUT2D eigenvalue weighted by molar-refractivity contribution is 5.78. The molecular weight excluding hydrogens is 328 g/mol. The fraction of sp³-hybridized carbons (Fsp3) is 0.667. The molecule has 1 N–H and O–H groups in total. The van der Waals surface area contributed by atoms with Gasteiger partial charge in [-0.05, 0) is 74.6 Å². The van der Waals surface area contributed by atoms with Crippen molar-refractivity contribution in [2.75, 3.05) is 26.3 Å². The van der Waals surface area contributed by atoms with Gasteiger partial charge in [-0.1, -0.05) is 6.07 Å². The Hall–Kier alpha value is -1.75. The van der Waals surface area contributed by atoms with Crippen molar-refractivity contribution in [3.8, 4) is 11.5 Å². The SMILES string of the molecule is O=C(CN1CCCC1c1ccc2c(c1)OCCO2)NC(C1CC1)C1CC1. The summed E-state index contributed by atoms with van der Waals surface area (Å²) in [5.74, 6) is 3.38. The fourth-order valence-corrected chi connectivity index (χ4v) is 4.61. The Morgan fingerprint density at radius 2 is 1.81 bits per heavy atom. The molecule has 0 spiro atoms. The first-order chi connectivity index (χ1) is 12.8. The van der Waals surface area contributed by atoms with Crippen molar-refractivity contribution in [2.24, 2.45) is 11.8 Å². The molecule has 5 heteroatoms. The minimum Gasteiger partial charge on any atom is -0.486 e. The Morgan fingerprint density at radius 1 is 1.08 bits per heavy atom. The lowest BCUT2D eigenvalue weighted by atomic mass is 10.0. The number of fused-ring (bicyclic) bond motifs is 1. The molecule has 1 atom stereocenters. The zero-order valence-corrected chi connectivity index (χ0v) is 15.3. The number of amides is 1. The highest BCUT2D eigenvalue weighted by atomic mass is 16.6.